The van der Waals surface area contributed by atoms with E-state index < -0.39 is 11.9 Å². The Morgan fingerprint density at radius 1 is 1.19 bits per heavy atom. The second-order valence-electron chi connectivity index (χ2n) is 5.46. The normalized spacial score (nSPS) is 10.7. The third kappa shape index (κ3) is 4.39. The maximum absolute atomic E-state index is 12.2. The molecule has 1 amide bonds. The van der Waals surface area contributed by atoms with E-state index in [0.29, 0.717) is 21.8 Å². The lowest BCUT2D eigenvalue weighted by atomic mass is 10.1. The standard InChI is InChI=1S/C19H15ClN4O3/c1-27-19(26)13-8-6-12(7-9-13)11-21-24-18(25)17-10-16(22-23-17)14-4-2-3-5-15(14)20/h2-11H,1H3,(H,22,23)(H,24,25)/b21-11+. The number of benzene rings is 2. The van der Waals surface area contributed by atoms with Crippen LogP contribution in [0.25, 0.3) is 11.3 Å². The van der Waals surface area contributed by atoms with Gasteiger partial charge in [0.1, 0.15) is 5.69 Å². The molecule has 3 rings (SSSR count). The monoisotopic (exact) mass is 382 g/mol. The fourth-order valence-electron chi connectivity index (χ4n) is 2.29. The van der Waals surface area contributed by atoms with Crippen LogP contribution in [-0.4, -0.2) is 35.4 Å². The van der Waals surface area contributed by atoms with Crippen LogP contribution in [0.3, 0.4) is 0 Å². The molecule has 8 heteroatoms. The highest BCUT2D eigenvalue weighted by atomic mass is 35.5. The van der Waals surface area contributed by atoms with Crippen LogP contribution >= 0.6 is 11.6 Å². The van der Waals surface area contributed by atoms with E-state index in [0.717, 1.165) is 5.56 Å². The lowest BCUT2D eigenvalue weighted by Crippen LogP contribution is -2.18. The van der Waals surface area contributed by atoms with Gasteiger partial charge in [0.15, 0.2) is 0 Å². The highest BCUT2D eigenvalue weighted by molar-refractivity contribution is 6.33. The number of nitrogens with one attached hydrogen (secondary N) is 2. The Labute approximate surface area is 160 Å². The summed E-state index contributed by atoms with van der Waals surface area (Å²) in [5, 5.41) is 11.2. The van der Waals surface area contributed by atoms with Crippen molar-refractivity contribution in [2.75, 3.05) is 7.11 Å². The molecule has 1 aromatic heterocycles. The van der Waals surface area contributed by atoms with Gasteiger partial charge in [0.2, 0.25) is 0 Å². The van der Waals surface area contributed by atoms with Gasteiger partial charge in [-0.2, -0.15) is 10.2 Å². The Hall–Kier alpha value is -3.45. The minimum absolute atomic E-state index is 0.253. The van der Waals surface area contributed by atoms with Crippen LogP contribution in [-0.2, 0) is 4.74 Å². The van der Waals surface area contributed by atoms with Gasteiger partial charge in [-0.25, -0.2) is 10.2 Å². The van der Waals surface area contributed by atoms with Gasteiger partial charge in [-0.15, -0.1) is 0 Å². The first kappa shape index (κ1) is 18.3. The number of esters is 1. The van der Waals surface area contributed by atoms with E-state index in [-0.39, 0.29) is 5.69 Å². The summed E-state index contributed by atoms with van der Waals surface area (Å²) >= 11 is 6.13. The van der Waals surface area contributed by atoms with Gasteiger partial charge in [0.25, 0.3) is 5.91 Å². The number of carbonyl (C=O) groups is 2. The van der Waals surface area contributed by atoms with Crippen molar-refractivity contribution in [3.8, 4) is 11.3 Å². The predicted octanol–water partition coefficient (Wildman–Crippen LogP) is 3.28. The van der Waals surface area contributed by atoms with Gasteiger partial charge in [-0.05, 0) is 29.8 Å². The van der Waals surface area contributed by atoms with E-state index in [1.54, 1.807) is 36.4 Å². The lowest BCUT2D eigenvalue weighted by Gasteiger charge is -1.99. The van der Waals surface area contributed by atoms with Crippen LogP contribution in [0.15, 0.2) is 59.7 Å². The number of rotatable bonds is 5. The lowest BCUT2D eigenvalue weighted by molar-refractivity contribution is 0.0600. The molecule has 2 aromatic carbocycles. The zero-order valence-electron chi connectivity index (χ0n) is 14.3. The van der Waals surface area contributed by atoms with Crippen molar-refractivity contribution >= 4 is 29.7 Å². The summed E-state index contributed by atoms with van der Waals surface area (Å²) in [6, 6.07) is 15.4. The van der Waals surface area contributed by atoms with E-state index >= 15 is 0 Å². The molecule has 0 bridgehead atoms. The average molecular weight is 383 g/mol. The number of nitrogens with zero attached hydrogens (tertiary/aromatic N) is 2. The number of halogens is 1. The summed E-state index contributed by atoms with van der Waals surface area (Å²) < 4.78 is 4.63. The first-order valence-electron chi connectivity index (χ1n) is 7.90. The first-order chi connectivity index (χ1) is 13.1. The summed E-state index contributed by atoms with van der Waals surface area (Å²) in [6.07, 6.45) is 1.46. The number of aromatic nitrogens is 2. The van der Waals surface area contributed by atoms with Crippen LogP contribution < -0.4 is 5.43 Å². The SMILES string of the molecule is COC(=O)c1ccc(/C=N/NC(=O)c2cc(-c3ccccc3Cl)n[nH]2)cc1. The van der Waals surface area contributed by atoms with Crippen molar-refractivity contribution in [2.45, 2.75) is 0 Å². The molecule has 0 saturated heterocycles. The molecule has 0 radical (unpaired) electrons. The number of amides is 1. The topological polar surface area (TPSA) is 96.4 Å². The average Bonchev–Trinajstić information content (AvgIpc) is 3.18. The van der Waals surface area contributed by atoms with Gasteiger partial charge in [-0.1, -0.05) is 41.9 Å². The van der Waals surface area contributed by atoms with E-state index in [1.807, 2.05) is 18.2 Å². The minimum Gasteiger partial charge on any atom is -0.465 e. The molecule has 0 spiro atoms. The van der Waals surface area contributed by atoms with Gasteiger partial charge >= 0.3 is 5.97 Å². The molecule has 0 fully saturated rings. The largest absolute Gasteiger partial charge is 0.465 e. The zero-order valence-corrected chi connectivity index (χ0v) is 15.0. The van der Waals surface area contributed by atoms with E-state index in [9.17, 15) is 9.59 Å². The summed E-state index contributed by atoms with van der Waals surface area (Å²) in [4.78, 5) is 23.5. The highest BCUT2D eigenvalue weighted by Crippen LogP contribution is 2.26. The molecule has 0 atom stereocenters. The third-order valence-corrected chi connectivity index (χ3v) is 4.01. The predicted molar refractivity (Wildman–Crippen MR) is 102 cm³/mol. The van der Waals surface area contributed by atoms with Gasteiger partial charge < -0.3 is 4.74 Å². The number of ether oxygens (including phenoxy) is 1. The molecule has 0 aliphatic carbocycles. The number of hydrazone groups is 1. The fourth-order valence-corrected chi connectivity index (χ4v) is 2.53. The molecular formula is C19H15ClN4O3. The molecule has 0 unspecified atom stereocenters. The third-order valence-electron chi connectivity index (χ3n) is 3.68. The van der Waals surface area contributed by atoms with E-state index in [1.165, 1.54) is 13.3 Å². The zero-order chi connectivity index (χ0) is 19.2. The van der Waals surface area contributed by atoms with Crippen LogP contribution in [0.5, 0.6) is 0 Å². The number of methoxy groups -OCH3 is 1. The van der Waals surface area contributed by atoms with Crippen molar-refractivity contribution in [2.24, 2.45) is 5.10 Å². The van der Waals surface area contributed by atoms with Crippen molar-refractivity contribution in [1.82, 2.24) is 15.6 Å². The molecule has 136 valence electrons. The smallest absolute Gasteiger partial charge is 0.337 e. The molecule has 1 heterocycles. The Bertz CT molecular complexity index is 996. The van der Waals surface area contributed by atoms with E-state index in [2.05, 4.69) is 25.5 Å². The number of aromatic amines is 1. The minimum atomic E-state index is -0.441. The van der Waals surface area contributed by atoms with Crippen LogP contribution in [0.1, 0.15) is 26.4 Å². The van der Waals surface area contributed by atoms with E-state index in [4.69, 9.17) is 11.6 Å². The molecule has 0 saturated carbocycles. The molecule has 3 aromatic rings. The summed E-state index contributed by atoms with van der Waals surface area (Å²) in [6.45, 7) is 0. The molecule has 7 nitrogen and oxygen atoms in total. The molecule has 0 aliphatic rings. The van der Waals surface area contributed by atoms with Crippen molar-refractivity contribution in [3.05, 3.63) is 76.4 Å². The Balaban J connectivity index is 1.63. The van der Waals surface area contributed by atoms with Crippen molar-refractivity contribution in [3.63, 3.8) is 0 Å². The highest BCUT2D eigenvalue weighted by Gasteiger charge is 2.12. The first-order valence-corrected chi connectivity index (χ1v) is 8.28. The maximum Gasteiger partial charge on any atom is 0.337 e. The Morgan fingerprint density at radius 3 is 2.63 bits per heavy atom. The van der Waals surface area contributed by atoms with Crippen LogP contribution in [0.4, 0.5) is 0 Å². The quantitative estimate of drug-likeness (QED) is 0.402. The number of hydrogen-bond acceptors (Lipinski definition) is 5. The molecule has 2 N–H and O–H groups in total. The summed E-state index contributed by atoms with van der Waals surface area (Å²) in [5.74, 6) is -0.858. The maximum atomic E-state index is 12.2. The second-order valence-corrected chi connectivity index (χ2v) is 5.87. The summed E-state index contributed by atoms with van der Waals surface area (Å²) in [7, 11) is 1.32. The van der Waals surface area contributed by atoms with Gasteiger partial charge in [0, 0.05) is 5.56 Å². The van der Waals surface area contributed by atoms with Gasteiger partial charge in [-0.3, -0.25) is 9.89 Å². The van der Waals surface area contributed by atoms with Crippen molar-refractivity contribution in [1.29, 1.82) is 0 Å². The fraction of sp³-hybridized carbons (Fsp3) is 0.0526. The van der Waals surface area contributed by atoms with Crippen LogP contribution in [0.2, 0.25) is 5.02 Å². The summed E-state index contributed by atoms with van der Waals surface area (Å²) in [5.41, 5.74) is 5.10. The molecular weight excluding hydrogens is 368 g/mol. The molecule has 0 aliphatic heterocycles. The number of hydrogen-bond donors (Lipinski definition) is 2. The molecule has 27 heavy (non-hydrogen) atoms. The van der Waals surface area contributed by atoms with Gasteiger partial charge in [0.05, 0.1) is 29.6 Å². The number of carbonyl (C=O) groups excluding carboxylic acids is 2. The van der Waals surface area contributed by atoms with Crippen molar-refractivity contribution < 1.29 is 14.3 Å². The second kappa shape index (κ2) is 8.29. The van der Waals surface area contributed by atoms with Crippen LogP contribution in [0, 0.1) is 0 Å². The Kier molecular flexibility index (Phi) is 5.63. The Morgan fingerprint density at radius 2 is 1.93 bits per heavy atom. The number of H-pyrrole nitrogens is 1.